The summed E-state index contributed by atoms with van der Waals surface area (Å²) in [5.41, 5.74) is 0.855. The Kier molecular flexibility index (Phi) is 3.57. The maximum absolute atomic E-state index is 11.9. The van der Waals surface area contributed by atoms with Gasteiger partial charge in [-0.3, -0.25) is 10.1 Å². The van der Waals surface area contributed by atoms with Crippen molar-refractivity contribution < 1.29 is 19.2 Å². The minimum atomic E-state index is -0.493. The van der Waals surface area contributed by atoms with Gasteiger partial charge in [-0.05, 0) is 18.6 Å². The van der Waals surface area contributed by atoms with Crippen molar-refractivity contribution in [2.75, 3.05) is 13.2 Å². The number of nitro groups is 1. The van der Waals surface area contributed by atoms with Crippen LogP contribution >= 0.6 is 0 Å². The SMILES string of the molecule is Cc1cc([N+](=O)[O-])ccc1C(=O)O[C@H]1CCOC1. The number of carbonyl (C=O) groups excluding carboxylic acids is 1. The second kappa shape index (κ2) is 5.14. The number of carbonyl (C=O) groups is 1. The normalized spacial score (nSPS) is 18.6. The largest absolute Gasteiger partial charge is 0.456 e. The van der Waals surface area contributed by atoms with E-state index in [2.05, 4.69) is 0 Å². The Balaban J connectivity index is 2.12. The summed E-state index contributed by atoms with van der Waals surface area (Å²) in [6.45, 7) is 2.66. The molecule has 0 unspecified atom stereocenters. The number of aryl methyl sites for hydroxylation is 1. The number of non-ortho nitro benzene ring substituents is 1. The maximum atomic E-state index is 11.9. The highest BCUT2D eigenvalue weighted by atomic mass is 16.6. The van der Waals surface area contributed by atoms with Gasteiger partial charge in [-0.25, -0.2) is 4.79 Å². The van der Waals surface area contributed by atoms with Gasteiger partial charge < -0.3 is 9.47 Å². The molecule has 18 heavy (non-hydrogen) atoms. The first-order chi connectivity index (χ1) is 8.58. The number of rotatable bonds is 3. The van der Waals surface area contributed by atoms with Gasteiger partial charge in [0.2, 0.25) is 0 Å². The van der Waals surface area contributed by atoms with Crippen LogP contribution in [0.15, 0.2) is 18.2 Å². The van der Waals surface area contributed by atoms with Crippen LogP contribution in [0.1, 0.15) is 22.3 Å². The predicted molar refractivity (Wildman–Crippen MR) is 62.5 cm³/mol. The summed E-state index contributed by atoms with van der Waals surface area (Å²) in [6, 6.07) is 4.09. The van der Waals surface area contributed by atoms with E-state index in [0.717, 1.165) is 0 Å². The van der Waals surface area contributed by atoms with Crippen LogP contribution in [-0.2, 0) is 9.47 Å². The standard InChI is InChI=1S/C12H13NO5/c1-8-6-9(13(15)16)2-3-11(8)12(14)18-10-4-5-17-7-10/h2-3,6,10H,4-5,7H2,1H3/t10-/m0/s1. The van der Waals surface area contributed by atoms with Gasteiger partial charge in [0.1, 0.15) is 6.10 Å². The topological polar surface area (TPSA) is 78.7 Å². The van der Waals surface area contributed by atoms with Crippen molar-refractivity contribution in [2.45, 2.75) is 19.4 Å². The Morgan fingerprint density at radius 1 is 1.56 bits per heavy atom. The second-order valence-corrected chi connectivity index (χ2v) is 4.15. The molecule has 1 heterocycles. The van der Waals surface area contributed by atoms with E-state index in [1.807, 2.05) is 0 Å². The third kappa shape index (κ3) is 2.65. The van der Waals surface area contributed by atoms with Crippen LogP contribution < -0.4 is 0 Å². The van der Waals surface area contributed by atoms with Crippen LogP contribution in [0.3, 0.4) is 0 Å². The fraction of sp³-hybridized carbons (Fsp3) is 0.417. The van der Waals surface area contributed by atoms with Gasteiger partial charge in [0.25, 0.3) is 5.69 Å². The summed E-state index contributed by atoms with van der Waals surface area (Å²) in [5.74, 6) is -0.460. The molecule has 0 aliphatic carbocycles. The Hall–Kier alpha value is -1.95. The molecule has 1 aliphatic heterocycles. The molecule has 0 spiro atoms. The molecule has 6 nitrogen and oxygen atoms in total. The van der Waals surface area contributed by atoms with E-state index in [1.54, 1.807) is 6.92 Å². The number of nitrogens with zero attached hydrogens (tertiary/aromatic N) is 1. The maximum Gasteiger partial charge on any atom is 0.338 e. The molecular weight excluding hydrogens is 238 g/mol. The number of benzene rings is 1. The van der Waals surface area contributed by atoms with Crippen molar-refractivity contribution in [1.82, 2.24) is 0 Å². The lowest BCUT2D eigenvalue weighted by molar-refractivity contribution is -0.384. The number of esters is 1. The number of hydrogen-bond donors (Lipinski definition) is 0. The average molecular weight is 251 g/mol. The smallest absolute Gasteiger partial charge is 0.338 e. The molecule has 0 N–H and O–H groups in total. The summed E-state index contributed by atoms with van der Waals surface area (Å²) in [6.07, 6.45) is 0.477. The zero-order chi connectivity index (χ0) is 13.1. The van der Waals surface area contributed by atoms with E-state index in [4.69, 9.17) is 9.47 Å². The zero-order valence-corrected chi connectivity index (χ0v) is 9.92. The highest BCUT2D eigenvalue weighted by Gasteiger charge is 2.22. The zero-order valence-electron chi connectivity index (χ0n) is 9.92. The summed E-state index contributed by atoms with van der Waals surface area (Å²) in [5, 5.41) is 10.6. The lowest BCUT2D eigenvalue weighted by Gasteiger charge is -2.11. The molecule has 0 amide bonds. The van der Waals surface area contributed by atoms with Crippen LogP contribution in [0.25, 0.3) is 0 Å². The van der Waals surface area contributed by atoms with Crippen molar-refractivity contribution in [2.24, 2.45) is 0 Å². The Bertz CT molecular complexity index is 479. The monoisotopic (exact) mass is 251 g/mol. The number of nitro benzene ring substituents is 1. The third-order valence-corrected chi connectivity index (χ3v) is 2.80. The van der Waals surface area contributed by atoms with E-state index < -0.39 is 10.9 Å². The third-order valence-electron chi connectivity index (χ3n) is 2.80. The molecule has 1 saturated heterocycles. The summed E-state index contributed by atoms with van der Waals surface area (Å²) in [7, 11) is 0. The molecule has 0 bridgehead atoms. The van der Waals surface area contributed by atoms with Crippen molar-refractivity contribution in [1.29, 1.82) is 0 Å². The molecule has 1 aromatic rings. The lowest BCUT2D eigenvalue weighted by Crippen LogP contribution is -2.18. The Labute approximate surface area is 104 Å². The summed E-state index contributed by atoms with van der Waals surface area (Å²) in [4.78, 5) is 21.9. The molecule has 1 atom stereocenters. The van der Waals surface area contributed by atoms with E-state index in [1.165, 1.54) is 18.2 Å². The molecule has 0 radical (unpaired) electrons. The number of hydrogen-bond acceptors (Lipinski definition) is 5. The van der Waals surface area contributed by atoms with Gasteiger partial charge in [0.15, 0.2) is 0 Å². The van der Waals surface area contributed by atoms with E-state index in [0.29, 0.717) is 30.8 Å². The van der Waals surface area contributed by atoms with Gasteiger partial charge in [-0.15, -0.1) is 0 Å². The molecule has 2 rings (SSSR count). The number of ether oxygens (including phenoxy) is 2. The first-order valence-corrected chi connectivity index (χ1v) is 5.61. The van der Waals surface area contributed by atoms with Crippen LogP contribution in [0.2, 0.25) is 0 Å². The molecular formula is C12H13NO5. The Morgan fingerprint density at radius 2 is 2.33 bits per heavy atom. The average Bonchev–Trinajstić information content (AvgIpc) is 2.81. The van der Waals surface area contributed by atoms with Crippen molar-refractivity contribution in [3.8, 4) is 0 Å². The Morgan fingerprint density at radius 3 is 2.89 bits per heavy atom. The van der Waals surface area contributed by atoms with Crippen molar-refractivity contribution in [3.63, 3.8) is 0 Å². The highest BCUT2D eigenvalue weighted by Crippen LogP contribution is 2.19. The fourth-order valence-corrected chi connectivity index (χ4v) is 1.81. The molecule has 1 aromatic carbocycles. The molecule has 6 heteroatoms. The summed E-state index contributed by atoms with van der Waals surface area (Å²) >= 11 is 0. The van der Waals surface area contributed by atoms with Crippen LogP contribution in [-0.4, -0.2) is 30.2 Å². The van der Waals surface area contributed by atoms with Gasteiger partial charge >= 0.3 is 5.97 Å². The van der Waals surface area contributed by atoms with Crippen molar-refractivity contribution >= 4 is 11.7 Å². The molecule has 0 saturated carbocycles. The van der Waals surface area contributed by atoms with E-state index in [9.17, 15) is 14.9 Å². The first-order valence-electron chi connectivity index (χ1n) is 5.61. The second-order valence-electron chi connectivity index (χ2n) is 4.15. The van der Waals surface area contributed by atoms with Crippen molar-refractivity contribution in [3.05, 3.63) is 39.4 Å². The molecule has 96 valence electrons. The quantitative estimate of drug-likeness (QED) is 0.465. The van der Waals surface area contributed by atoms with Crippen LogP contribution in [0.5, 0.6) is 0 Å². The van der Waals surface area contributed by atoms with Crippen LogP contribution in [0.4, 0.5) is 5.69 Å². The summed E-state index contributed by atoms with van der Waals surface area (Å²) < 4.78 is 10.4. The van der Waals surface area contributed by atoms with Crippen LogP contribution in [0, 0.1) is 17.0 Å². The first kappa shape index (κ1) is 12.5. The van der Waals surface area contributed by atoms with Gasteiger partial charge in [0, 0.05) is 18.6 Å². The van der Waals surface area contributed by atoms with E-state index in [-0.39, 0.29) is 11.8 Å². The van der Waals surface area contributed by atoms with Gasteiger partial charge in [-0.2, -0.15) is 0 Å². The van der Waals surface area contributed by atoms with Gasteiger partial charge in [0.05, 0.1) is 23.7 Å². The molecule has 0 aromatic heterocycles. The lowest BCUT2D eigenvalue weighted by atomic mass is 10.1. The molecule has 1 aliphatic rings. The minimum Gasteiger partial charge on any atom is -0.456 e. The van der Waals surface area contributed by atoms with Gasteiger partial charge in [-0.1, -0.05) is 0 Å². The molecule has 1 fully saturated rings. The predicted octanol–water partition coefficient (Wildman–Crippen LogP) is 1.85. The van der Waals surface area contributed by atoms with E-state index >= 15 is 0 Å². The minimum absolute atomic E-state index is 0.0340. The highest BCUT2D eigenvalue weighted by molar-refractivity contribution is 5.91. The fourth-order valence-electron chi connectivity index (χ4n) is 1.81.